The number of phenols is 2. The average molecular weight is 578 g/mol. The average Bonchev–Trinajstić information content (AvgIpc) is 2.59. The number of carbonyl (C=O) groups is 2. The van der Waals surface area contributed by atoms with Crippen LogP contribution in [0.15, 0.2) is 36.4 Å². The Balaban J connectivity index is 1.67. The molecule has 6 nitrogen and oxygen atoms in total. The predicted molar refractivity (Wildman–Crippen MR) is 113 cm³/mol. The summed E-state index contributed by atoms with van der Waals surface area (Å²) in [5, 5.41) is 24.7. The number of aromatic hydroxyl groups is 2. The van der Waals surface area contributed by atoms with Gasteiger partial charge in [-0.3, -0.25) is 9.59 Å². The monoisotopic (exact) mass is 578 g/mol. The molecule has 2 aromatic carbocycles. The molecule has 0 aliphatic carbocycles. The van der Waals surface area contributed by atoms with E-state index in [1.165, 1.54) is 0 Å². The van der Waals surface area contributed by atoms with Gasteiger partial charge in [0.05, 0.1) is 7.14 Å². The number of hydrogen-bond donors (Lipinski definition) is 4. The fourth-order valence-corrected chi connectivity index (χ4v) is 4.70. The van der Waals surface area contributed by atoms with Crippen LogP contribution in [0.2, 0.25) is 0 Å². The maximum Gasteiger partial charge on any atom is 0.243 e. The number of halogens is 2. The molecular formula is C18H16I2N2O4. The summed E-state index contributed by atoms with van der Waals surface area (Å²) in [5.74, 6) is -0.0810. The molecule has 2 atom stereocenters. The second-order valence-electron chi connectivity index (χ2n) is 6.11. The Labute approximate surface area is 177 Å². The molecule has 0 unspecified atom stereocenters. The molecule has 0 saturated carbocycles. The van der Waals surface area contributed by atoms with E-state index in [4.69, 9.17) is 0 Å². The van der Waals surface area contributed by atoms with Crippen LogP contribution >= 0.6 is 45.2 Å². The van der Waals surface area contributed by atoms with E-state index in [0.29, 0.717) is 20.0 Å². The SMILES string of the molecule is O=C1N[C@@H](Cc2cc(I)c(O)c(I)c2)C(=O)N[C@H]1Cc1ccc(O)cc1. The minimum absolute atomic E-state index is 0.157. The number of carbonyl (C=O) groups excluding carboxylic acids is 2. The summed E-state index contributed by atoms with van der Waals surface area (Å²) >= 11 is 4.07. The number of piperazine rings is 1. The second kappa shape index (κ2) is 7.99. The highest BCUT2D eigenvalue weighted by Crippen LogP contribution is 2.28. The molecular weight excluding hydrogens is 562 g/mol. The Bertz CT molecular complexity index is 832. The van der Waals surface area contributed by atoms with Gasteiger partial charge in [0.2, 0.25) is 11.8 Å². The van der Waals surface area contributed by atoms with Gasteiger partial charge in [0.15, 0.2) is 0 Å². The summed E-state index contributed by atoms with van der Waals surface area (Å²) in [5.41, 5.74) is 1.72. The Morgan fingerprint density at radius 3 is 1.77 bits per heavy atom. The fourth-order valence-electron chi connectivity index (χ4n) is 2.80. The van der Waals surface area contributed by atoms with Gasteiger partial charge in [0.25, 0.3) is 0 Å². The van der Waals surface area contributed by atoms with Gasteiger partial charge in [-0.15, -0.1) is 0 Å². The third-order valence-electron chi connectivity index (χ3n) is 4.16. The van der Waals surface area contributed by atoms with Crippen molar-refractivity contribution in [2.24, 2.45) is 0 Å². The van der Waals surface area contributed by atoms with Crippen LogP contribution in [-0.2, 0) is 22.4 Å². The molecule has 0 radical (unpaired) electrons. The predicted octanol–water partition coefficient (Wildman–Crippen LogP) is 2.08. The van der Waals surface area contributed by atoms with Crippen LogP contribution in [0.1, 0.15) is 11.1 Å². The molecule has 8 heteroatoms. The second-order valence-corrected chi connectivity index (χ2v) is 8.43. The third-order valence-corrected chi connectivity index (χ3v) is 5.80. The molecule has 0 aromatic heterocycles. The molecule has 1 saturated heterocycles. The molecule has 0 spiro atoms. The number of rotatable bonds is 4. The van der Waals surface area contributed by atoms with Gasteiger partial charge >= 0.3 is 0 Å². The van der Waals surface area contributed by atoms with E-state index in [1.54, 1.807) is 36.4 Å². The zero-order chi connectivity index (χ0) is 18.8. The zero-order valence-electron chi connectivity index (χ0n) is 13.5. The van der Waals surface area contributed by atoms with Crippen LogP contribution in [0.4, 0.5) is 0 Å². The minimum Gasteiger partial charge on any atom is -0.508 e. The summed E-state index contributed by atoms with van der Waals surface area (Å²) in [6, 6.07) is 8.88. The molecule has 1 aliphatic heterocycles. The van der Waals surface area contributed by atoms with Crippen molar-refractivity contribution in [3.05, 3.63) is 54.7 Å². The van der Waals surface area contributed by atoms with E-state index in [2.05, 4.69) is 10.6 Å². The van der Waals surface area contributed by atoms with E-state index in [0.717, 1.165) is 11.1 Å². The highest BCUT2D eigenvalue weighted by Gasteiger charge is 2.33. The number of hydrogen-bond acceptors (Lipinski definition) is 4. The summed E-state index contributed by atoms with van der Waals surface area (Å²) in [4.78, 5) is 24.8. The van der Waals surface area contributed by atoms with E-state index in [9.17, 15) is 19.8 Å². The maximum absolute atomic E-state index is 12.4. The first-order valence-electron chi connectivity index (χ1n) is 7.89. The molecule has 2 aromatic rings. The summed E-state index contributed by atoms with van der Waals surface area (Å²) in [6.07, 6.45) is 0.718. The van der Waals surface area contributed by atoms with Crippen molar-refractivity contribution in [3.63, 3.8) is 0 Å². The summed E-state index contributed by atoms with van der Waals surface area (Å²) in [7, 11) is 0. The van der Waals surface area contributed by atoms with Gasteiger partial charge in [0.1, 0.15) is 23.6 Å². The first-order chi connectivity index (χ1) is 12.3. The van der Waals surface area contributed by atoms with Crippen molar-refractivity contribution in [2.75, 3.05) is 0 Å². The maximum atomic E-state index is 12.4. The Kier molecular flexibility index (Phi) is 5.90. The topological polar surface area (TPSA) is 98.7 Å². The van der Waals surface area contributed by atoms with Crippen LogP contribution in [0.3, 0.4) is 0 Å². The highest BCUT2D eigenvalue weighted by atomic mass is 127. The molecule has 2 amide bonds. The summed E-state index contributed by atoms with van der Waals surface area (Å²) < 4.78 is 1.41. The standard InChI is InChI=1S/C18H16I2N2O4/c19-12-5-10(6-13(20)16(12)24)8-15-18(26)21-14(17(25)22-15)7-9-1-3-11(23)4-2-9/h1-6,14-15,23-24H,7-8H2,(H,21,26)(H,22,25)/t14-,15-/m0/s1. The molecule has 1 aliphatic rings. The van der Waals surface area contributed by atoms with E-state index in [1.807, 2.05) is 45.2 Å². The molecule has 4 N–H and O–H groups in total. The van der Waals surface area contributed by atoms with Gasteiger partial charge in [-0.2, -0.15) is 0 Å². The van der Waals surface area contributed by atoms with Crippen LogP contribution < -0.4 is 10.6 Å². The molecule has 3 rings (SSSR count). The number of amides is 2. The Hall–Kier alpha value is -1.56. The zero-order valence-corrected chi connectivity index (χ0v) is 17.8. The highest BCUT2D eigenvalue weighted by molar-refractivity contribution is 14.1. The number of benzene rings is 2. The van der Waals surface area contributed by atoms with E-state index in [-0.39, 0.29) is 23.3 Å². The van der Waals surface area contributed by atoms with Crippen LogP contribution in [0.5, 0.6) is 11.5 Å². The van der Waals surface area contributed by atoms with Gasteiger partial charge in [-0.05, 0) is 80.6 Å². The van der Waals surface area contributed by atoms with Crippen molar-refractivity contribution in [1.29, 1.82) is 0 Å². The van der Waals surface area contributed by atoms with Crippen LogP contribution in [0, 0.1) is 7.14 Å². The van der Waals surface area contributed by atoms with Crippen molar-refractivity contribution < 1.29 is 19.8 Å². The lowest BCUT2D eigenvalue weighted by Gasteiger charge is -2.30. The lowest BCUT2D eigenvalue weighted by atomic mass is 9.98. The van der Waals surface area contributed by atoms with Gasteiger partial charge in [-0.1, -0.05) is 12.1 Å². The lowest BCUT2D eigenvalue weighted by Crippen LogP contribution is -2.62. The van der Waals surface area contributed by atoms with Crippen molar-refractivity contribution in [3.8, 4) is 11.5 Å². The third kappa shape index (κ3) is 4.40. The van der Waals surface area contributed by atoms with Crippen molar-refractivity contribution >= 4 is 57.0 Å². The lowest BCUT2D eigenvalue weighted by molar-refractivity contribution is -0.136. The van der Waals surface area contributed by atoms with E-state index < -0.39 is 12.1 Å². The van der Waals surface area contributed by atoms with Gasteiger partial charge < -0.3 is 20.8 Å². The van der Waals surface area contributed by atoms with Crippen LogP contribution in [-0.4, -0.2) is 34.1 Å². The molecule has 26 heavy (non-hydrogen) atoms. The normalized spacial score (nSPS) is 19.8. The van der Waals surface area contributed by atoms with Gasteiger partial charge in [0, 0.05) is 12.8 Å². The number of nitrogens with one attached hydrogen (secondary N) is 2. The first kappa shape index (κ1) is 19.2. The summed E-state index contributed by atoms with van der Waals surface area (Å²) in [6.45, 7) is 0. The minimum atomic E-state index is -0.644. The smallest absolute Gasteiger partial charge is 0.243 e. The Morgan fingerprint density at radius 2 is 1.27 bits per heavy atom. The van der Waals surface area contributed by atoms with Crippen molar-refractivity contribution in [2.45, 2.75) is 24.9 Å². The number of phenolic OH excluding ortho intramolecular Hbond substituents is 2. The largest absolute Gasteiger partial charge is 0.508 e. The fraction of sp³-hybridized carbons (Fsp3) is 0.222. The molecule has 1 heterocycles. The molecule has 136 valence electrons. The first-order valence-corrected chi connectivity index (χ1v) is 10.0. The van der Waals surface area contributed by atoms with Gasteiger partial charge in [-0.25, -0.2) is 0 Å². The van der Waals surface area contributed by atoms with Crippen molar-refractivity contribution in [1.82, 2.24) is 10.6 Å². The quantitative estimate of drug-likeness (QED) is 0.418. The van der Waals surface area contributed by atoms with E-state index >= 15 is 0 Å². The molecule has 1 fully saturated rings. The van der Waals surface area contributed by atoms with Crippen LogP contribution in [0.25, 0.3) is 0 Å². The molecule has 0 bridgehead atoms. The Morgan fingerprint density at radius 1 is 0.808 bits per heavy atom.